The molecule has 0 saturated carbocycles. The molecule has 0 spiro atoms. The highest BCUT2D eigenvalue weighted by atomic mass is 16.1. The molecule has 0 aliphatic carbocycles. The Morgan fingerprint density at radius 2 is 1.94 bits per heavy atom. The number of Topliss-reactive ketones (excluding diaryl/α,β-unsaturated/α-hetero) is 1. The predicted molar refractivity (Wildman–Crippen MR) is 119 cm³/mol. The van der Waals surface area contributed by atoms with Crippen LogP contribution in [0, 0.1) is 0 Å². The van der Waals surface area contributed by atoms with Gasteiger partial charge in [-0.25, -0.2) is 4.98 Å². The zero-order valence-electron chi connectivity index (χ0n) is 17.3. The second kappa shape index (κ2) is 8.23. The lowest BCUT2D eigenvalue weighted by Gasteiger charge is -2.28. The van der Waals surface area contributed by atoms with Crippen molar-refractivity contribution in [3.05, 3.63) is 66.2 Å². The van der Waals surface area contributed by atoms with Gasteiger partial charge in [0.2, 0.25) is 0 Å². The molecular formula is C23H23N7O. The molecule has 1 N–H and O–H groups in total. The summed E-state index contributed by atoms with van der Waals surface area (Å²) < 4.78 is 1.68. The van der Waals surface area contributed by atoms with Crippen LogP contribution in [0.2, 0.25) is 0 Å². The van der Waals surface area contributed by atoms with Gasteiger partial charge in [-0.2, -0.15) is 0 Å². The summed E-state index contributed by atoms with van der Waals surface area (Å²) in [5.74, 6) is 0.892. The lowest BCUT2D eigenvalue weighted by atomic mass is 10.0. The molecule has 1 aliphatic rings. The van der Waals surface area contributed by atoms with Crippen LogP contribution < -0.4 is 10.2 Å². The van der Waals surface area contributed by atoms with Crippen molar-refractivity contribution in [3.63, 3.8) is 0 Å². The number of fused-ring (bicyclic) bond motifs is 1. The average molecular weight is 413 g/mol. The van der Waals surface area contributed by atoms with E-state index in [9.17, 15) is 4.79 Å². The van der Waals surface area contributed by atoms with Crippen LogP contribution in [0.25, 0.3) is 22.0 Å². The van der Waals surface area contributed by atoms with Crippen LogP contribution in [0.15, 0.2) is 55.0 Å². The summed E-state index contributed by atoms with van der Waals surface area (Å²) in [5.41, 5.74) is 3.21. The van der Waals surface area contributed by atoms with Crippen molar-refractivity contribution in [3.8, 4) is 11.3 Å². The molecule has 5 rings (SSSR count). The Morgan fingerprint density at radius 3 is 2.74 bits per heavy atom. The third kappa shape index (κ3) is 4.15. The van der Waals surface area contributed by atoms with Crippen LogP contribution >= 0.6 is 0 Å². The minimum Gasteiger partial charge on any atom is -0.354 e. The van der Waals surface area contributed by atoms with Crippen molar-refractivity contribution in [2.24, 2.45) is 7.05 Å². The smallest absolute Gasteiger partial charge is 0.169 e. The number of aromatic nitrogens is 5. The Balaban J connectivity index is 1.37. The van der Waals surface area contributed by atoms with Crippen LogP contribution in [-0.4, -0.2) is 56.9 Å². The van der Waals surface area contributed by atoms with Gasteiger partial charge in [0.25, 0.3) is 0 Å². The molecule has 0 unspecified atom stereocenters. The molecule has 4 heterocycles. The number of nitrogens with zero attached hydrogens (tertiary/aromatic N) is 6. The quantitative estimate of drug-likeness (QED) is 0.502. The fraction of sp³-hybridized carbons (Fsp3) is 0.261. The van der Waals surface area contributed by atoms with E-state index in [0.29, 0.717) is 5.56 Å². The third-order valence-corrected chi connectivity index (χ3v) is 5.53. The standard InChI is InChI=1S/C23H23N7O/c1-29-15-21(27-28-29)16-2-3-18-14-26-20(11-19(18)10-16)13-22(31)17-4-5-25-23(12-17)30-8-6-24-7-9-30/h2-5,10-12,14-15,24H,6-9,13H2,1H3. The number of aryl methyl sites for hydroxylation is 1. The number of ketones is 1. The Hall–Kier alpha value is -3.65. The molecule has 8 heteroatoms. The Labute approximate surface area is 179 Å². The van der Waals surface area contributed by atoms with Gasteiger partial charge >= 0.3 is 0 Å². The fourth-order valence-electron chi connectivity index (χ4n) is 3.85. The van der Waals surface area contributed by atoms with Crippen LogP contribution in [0.5, 0.6) is 0 Å². The van der Waals surface area contributed by atoms with E-state index < -0.39 is 0 Å². The molecule has 1 fully saturated rings. The number of rotatable bonds is 5. The summed E-state index contributed by atoms with van der Waals surface area (Å²) in [6.45, 7) is 3.64. The van der Waals surface area contributed by atoms with E-state index >= 15 is 0 Å². The molecule has 0 atom stereocenters. The molecule has 0 bridgehead atoms. The topological polar surface area (TPSA) is 88.8 Å². The van der Waals surface area contributed by atoms with Crippen LogP contribution in [0.3, 0.4) is 0 Å². The van der Waals surface area contributed by atoms with Crippen LogP contribution in [0.4, 0.5) is 5.82 Å². The first-order valence-electron chi connectivity index (χ1n) is 10.4. The maximum atomic E-state index is 13.0. The van der Waals surface area contributed by atoms with Crippen molar-refractivity contribution < 1.29 is 4.79 Å². The molecule has 4 aromatic rings. The molecule has 1 aromatic carbocycles. The van der Waals surface area contributed by atoms with E-state index in [1.165, 1.54) is 0 Å². The van der Waals surface area contributed by atoms with Gasteiger partial charge in [0.1, 0.15) is 11.5 Å². The molecular weight excluding hydrogens is 390 g/mol. The van der Waals surface area contributed by atoms with Crippen LogP contribution in [-0.2, 0) is 13.5 Å². The minimum absolute atomic E-state index is 0.0377. The largest absolute Gasteiger partial charge is 0.354 e. The maximum Gasteiger partial charge on any atom is 0.169 e. The third-order valence-electron chi connectivity index (χ3n) is 5.53. The van der Waals surface area contributed by atoms with E-state index in [2.05, 4.69) is 36.6 Å². The number of carbonyl (C=O) groups excluding carboxylic acids is 1. The number of anilines is 1. The van der Waals surface area contributed by atoms with Gasteiger partial charge in [0.05, 0.1) is 12.6 Å². The normalized spacial score (nSPS) is 14.2. The van der Waals surface area contributed by atoms with Crippen molar-refractivity contribution in [2.75, 3.05) is 31.1 Å². The molecule has 31 heavy (non-hydrogen) atoms. The number of nitrogens with one attached hydrogen (secondary N) is 1. The first-order chi connectivity index (χ1) is 15.2. The van der Waals surface area contributed by atoms with Gasteiger partial charge in [-0.3, -0.25) is 14.5 Å². The van der Waals surface area contributed by atoms with Gasteiger partial charge in [0.15, 0.2) is 5.78 Å². The van der Waals surface area contributed by atoms with Crippen molar-refractivity contribution >= 4 is 22.4 Å². The summed E-state index contributed by atoms with van der Waals surface area (Å²) in [5, 5.41) is 13.6. The first-order valence-corrected chi connectivity index (χ1v) is 10.4. The van der Waals surface area contributed by atoms with Crippen molar-refractivity contribution in [1.29, 1.82) is 0 Å². The minimum atomic E-state index is 0.0377. The second-order valence-corrected chi connectivity index (χ2v) is 7.75. The van der Waals surface area contributed by atoms with E-state index in [0.717, 1.165) is 59.7 Å². The van der Waals surface area contributed by atoms with Crippen LogP contribution in [0.1, 0.15) is 16.1 Å². The second-order valence-electron chi connectivity index (χ2n) is 7.75. The lowest BCUT2D eigenvalue weighted by Crippen LogP contribution is -2.43. The van der Waals surface area contributed by atoms with E-state index in [1.54, 1.807) is 16.9 Å². The molecule has 3 aromatic heterocycles. The monoisotopic (exact) mass is 413 g/mol. The lowest BCUT2D eigenvalue weighted by molar-refractivity contribution is 0.0992. The molecule has 8 nitrogen and oxygen atoms in total. The van der Waals surface area contributed by atoms with Crippen molar-refractivity contribution in [2.45, 2.75) is 6.42 Å². The number of pyridine rings is 2. The Bertz CT molecular complexity index is 1240. The number of hydrogen-bond donors (Lipinski definition) is 1. The van der Waals surface area contributed by atoms with Gasteiger partial charge in [-0.15, -0.1) is 5.10 Å². The highest BCUT2D eigenvalue weighted by Gasteiger charge is 2.15. The fourth-order valence-corrected chi connectivity index (χ4v) is 3.85. The number of hydrogen-bond acceptors (Lipinski definition) is 7. The highest BCUT2D eigenvalue weighted by Crippen LogP contribution is 2.23. The predicted octanol–water partition coefficient (Wildman–Crippen LogP) is 2.26. The van der Waals surface area contributed by atoms with E-state index in [-0.39, 0.29) is 12.2 Å². The summed E-state index contributed by atoms with van der Waals surface area (Å²) in [6.07, 6.45) is 5.66. The SMILES string of the molecule is Cn1cc(-c2ccc3cnc(CC(=O)c4ccnc(N5CCNCC5)c4)cc3c2)nn1. The average Bonchev–Trinajstić information content (AvgIpc) is 3.25. The summed E-state index contributed by atoms with van der Waals surface area (Å²) in [6, 6.07) is 11.7. The highest BCUT2D eigenvalue weighted by molar-refractivity contribution is 5.98. The summed E-state index contributed by atoms with van der Waals surface area (Å²) in [7, 11) is 1.85. The maximum absolute atomic E-state index is 13.0. The molecule has 0 radical (unpaired) electrons. The van der Waals surface area contributed by atoms with E-state index in [1.807, 2.05) is 43.7 Å². The van der Waals surface area contributed by atoms with Crippen molar-refractivity contribution in [1.82, 2.24) is 30.3 Å². The van der Waals surface area contributed by atoms with Gasteiger partial charge in [-0.1, -0.05) is 17.3 Å². The molecule has 1 aliphatic heterocycles. The number of benzene rings is 1. The van der Waals surface area contributed by atoms with Gasteiger partial charge < -0.3 is 10.2 Å². The van der Waals surface area contributed by atoms with Gasteiger partial charge in [-0.05, 0) is 29.7 Å². The number of carbonyl (C=O) groups is 1. The summed E-state index contributed by atoms with van der Waals surface area (Å²) >= 11 is 0. The zero-order valence-corrected chi connectivity index (χ0v) is 17.3. The first kappa shape index (κ1) is 19.3. The Morgan fingerprint density at radius 1 is 1.06 bits per heavy atom. The zero-order chi connectivity index (χ0) is 21.2. The number of piperazine rings is 1. The van der Waals surface area contributed by atoms with Gasteiger partial charge in [0, 0.05) is 67.8 Å². The molecule has 156 valence electrons. The summed E-state index contributed by atoms with van der Waals surface area (Å²) in [4.78, 5) is 24.1. The molecule has 1 saturated heterocycles. The van der Waals surface area contributed by atoms with E-state index in [4.69, 9.17) is 0 Å². The Kier molecular flexibility index (Phi) is 5.13. The molecule has 0 amide bonds.